The van der Waals surface area contributed by atoms with Gasteiger partial charge in [0, 0.05) is 12.7 Å². The van der Waals surface area contributed by atoms with Crippen LogP contribution in [-0.2, 0) is 19.4 Å². The van der Waals surface area contributed by atoms with Crippen molar-refractivity contribution in [1.29, 1.82) is 0 Å². The summed E-state index contributed by atoms with van der Waals surface area (Å²) in [7, 11) is 1.63. The molecule has 1 heterocycles. The number of rotatable bonds is 2. The topological polar surface area (TPSA) is 52.1 Å². The highest BCUT2D eigenvalue weighted by Gasteiger charge is 2.18. The van der Waals surface area contributed by atoms with Crippen molar-refractivity contribution in [3.8, 4) is 0 Å². The lowest BCUT2D eigenvalue weighted by Gasteiger charge is -2.05. The highest BCUT2D eigenvalue weighted by atomic mass is 16.5. The second kappa shape index (κ2) is 2.88. The van der Waals surface area contributed by atoms with Crippen LogP contribution in [0.4, 0.5) is 0 Å². The first kappa shape index (κ1) is 7.76. The zero-order chi connectivity index (χ0) is 8.55. The summed E-state index contributed by atoms with van der Waals surface area (Å²) >= 11 is 0. The van der Waals surface area contributed by atoms with Crippen LogP contribution in [0, 0.1) is 0 Å². The number of nitrogens with zero attached hydrogens (tertiary/aromatic N) is 2. The minimum Gasteiger partial charge on any atom is -0.314 e. The Labute approximate surface area is 71.2 Å². The fourth-order valence-electron chi connectivity index (χ4n) is 1.74. The monoisotopic (exact) mass is 167 g/mol. The van der Waals surface area contributed by atoms with E-state index in [4.69, 9.17) is 5.21 Å². The molecule has 1 aliphatic carbocycles. The first-order chi connectivity index (χ1) is 5.77. The van der Waals surface area contributed by atoms with E-state index in [0.29, 0.717) is 6.54 Å². The quantitative estimate of drug-likeness (QED) is 0.638. The number of aromatic nitrogens is 2. The Kier molecular flexibility index (Phi) is 1.86. The fourth-order valence-corrected chi connectivity index (χ4v) is 1.74. The molecule has 4 nitrogen and oxygen atoms in total. The predicted octanol–water partition coefficient (Wildman–Crippen LogP) is 0.719. The Morgan fingerprint density at radius 1 is 1.58 bits per heavy atom. The van der Waals surface area contributed by atoms with Crippen molar-refractivity contribution in [2.24, 2.45) is 0 Å². The van der Waals surface area contributed by atoms with Crippen molar-refractivity contribution >= 4 is 0 Å². The zero-order valence-corrected chi connectivity index (χ0v) is 7.17. The van der Waals surface area contributed by atoms with Crippen LogP contribution < -0.4 is 0 Å². The van der Waals surface area contributed by atoms with Crippen LogP contribution in [0.5, 0.6) is 0 Å². The van der Waals surface area contributed by atoms with E-state index < -0.39 is 0 Å². The third kappa shape index (κ3) is 1.23. The maximum Gasteiger partial charge on any atom is 0.0821 e. The normalized spacial score (nSPS) is 15.6. The van der Waals surface area contributed by atoms with E-state index in [9.17, 15) is 0 Å². The number of hydroxylamine groups is 2. The second-order valence-corrected chi connectivity index (χ2v) is 3.30. The van der Waals surface area contributed by atoms with Crippen molar-refractivity contribution in [2.45, 2.75) is 25.8 Å². The van der Waals surface area contributed by atoms with E-state index in [2.05, 4.69) is 10.2 Å². The summed E-state index contributed by atoms with van der Waals surface area (Å²) in [5.41, 5.74) is 3.57. The van der Waals surface area contributed by atoms with E-state index in [0.717, 1.165) is 23.6 Å². The van der Waals surface area contributed by atoms with E-state index in [-0.39, 0.29) is 0 Å². The van der Waals surface area contributed by atoms with Gasteiger partial charge in [-0.05, 0) is 24.8 Å². The van der Waals surface area contributed by atoms with Gasteiger partial charge in [-0.3, -0.25) is 5.10 Å². The molecule has 1 aromatic heterocycles. The molecule has 1 aliphatic rings. The highest BCUT2D eigenvalue weighted by molar-refractivity contribution is 5.29. The fraction of sp³-hybridized carbons (Fsp3) is 0.625. The van der Waals surface area contributed by atoms with Crippen LogP contribution in [0.2, 0.25) is 0 Å². The number of aromatic amines is 1. The molecule has 0 saturated heterocycles. The van der Waals surface area contributed by atoms with Gasteiger partial charge in [-0.2, -0.15) is 10.2 Å². The SMILES string of the molecule is CN(O)Cc1n[nH]c2c1CCC2. The molecular formula is C8H13N3O. The third-order valence-corrected chi connectivity index (χ3v) is 2.27. The van der Waals surface area contributed by atoms with Crippen molar-refractivity contribution in [3.05, 3.63) is 17.0 Å². The molecule has 0 amide bonds. The summed E-state index contributed by atoms with van der Waals surface area (Å²) in [5, 5.41) is 17.4. The van der Waals surface area contributed by atoms with Crippen molar-refractivity contribution < 1.29 is 5.21 Å². The summed E-state index contributed by atoms with van der Waals surface area (Å²) in [4.78, 5) is 0. The van der Waals surface area contributed by atoms with Crippen molar-refractivity contribution in [3.63, 3.8) is 0 Å². The molecule has 0 atom stereocenters. The molecule has 1 aromatic rings. The molecule has 0 radical (unpaired) electrons. The largest absolute Gasteiger partial charge is 0.314 e. The van der Waals surface area contributed by atoms with E-state index in [1.54, 1.807) is 7.05 Å². The van der Waals surface area contributed by atoms with Crippen LogP contribution in [0.1, 0.15) is 23.4 Å². The molecule has 0 saturated carbocycles. The average Bonchev–Trinajstić information content (AvgIpc) is 2.52. The van der Waals surface area contributed by atoms with Gasteiger partial charge in [0.05, 0.1) is 12.2 Å². The maximum absolute atomic E-state index is 9.03. The van der Waals surface area contributed by atoms with E-state index in [1.165, 1.54) is 17.7 Å². The van der Waals surface area contributed by atoms with Crippen LogP contribution >= 0.6 is 0 Å². The van der Waals surface area contributed by atoms with Gasteiger partial charge in [-0.25, -0.2) is 0 Å². The number of H-pyrrole nitrogens is 1. The van der Waals surface area contributed by atoms with Gasteiger partial charge in [-0.15, -0.1) is 0 Å². The number of hydrogen-bond donors (Lipinski definition) is 2. The van der Waals surface area contributed by atoms with Crippen LogP contribution in [-0.4, -0.2) is 27.5 Å². The molecule has 0 unspecified atom stereocenters. The van der Waals surface area contributed by atoms with E-state index >= 15 is 0 Å². The number of aryl methyl sites for hydroxylation is 1. The molecule has 66 valence electrons. The molecule has 0 aliphatic heterocycles. The summed E-state index contributed by atoms with van der Waals surface area (Å²) in [5.74, 6) is 0. The molecular weight excluding hydrogens is 154 g/mol. The smallest absolute Gasteiger partial charge is 0.0821 e. The Balaban J connectivity index is 2.22. The molecule has 0 bridgehead atoms. The first-order valence-electron chi connectivity index (χ1n) is 4.22. The standard InChI is InChI=1S/C8H13N3O/c1-11(12)5-8-6-3-2-4-7(6)9-10-8/h12H,2-5H2,1H3,(H,9,10). The zero-order valence-electron chi connectivity index (χ0n) is 7.17. The molecule has 2 N–H and O–H groups in total. The van der Waals surface area contributed by atoms with Crippen molar-refractivity contribution in [1.82, 2.24) is 15.3 Å². The lowest BCUT2D eigenvalue weighted by atomic mass is 10.2. The Morgan fingerprint density at radius 2 is 2.42 bits per heavy atom. The van der Waals surface area contributed by atoms with Crippen LogP contribution in [0.15, 0.2) is 0 Å². The van der Waals surface area contributed by atoms with Gasteiger partial charge < -0.3 is 5.21 Å². The van der Waals surface area contributed by atoms with E-state index in [1.807, 2.05) is 0 Å². The Hall–Kier alpha value is -0.870. The first-order valence-corrected chi connectivity index (χ1v) is 4.22. The lowest BCUT2D eigenvalue weighted by Crippen LogP contribution is -2.13. The predicted molar refractivity (Wildman–Crippen MR) is 43.9 cm³/mol. The van der Waals surface area contributed by atoms with Gasteiger partial charge in [-0.1, -0.05) is 0 Å². The van der Waals surface area contributed by atoms with Crippen LogP contribution in [0.25, 0.3) is 0 Å². The number of nitrogens with one attached hydrogen (secondary N) is 1. The summed E-state index contributed by atoms with van der Waals surface area (Å²) in [6.45, 7) is 0.520. The van der Waals surface area contributed by atoms with Crippen molar-refractivity contribution in [2.75, 3.05) is 7.05 Å². The number of fused-ring (bicyclic) bond motifs is 1. The molecule has 0 fully saturated rings. The van der Waals surface area contributed by atoms with Crippen LogP contribution in [0.3, 0.4) is 0 Å². The second-order valence-electron chi connectivity index (χ2n) is 3.30. The summed E-state index contributed by atoms with van der Waals surface area (Å²) in [6, 6.07) is 0. The van der Waals surface area contributed by atoms with Gasteiger partial charge in [0.1, 0.15) is 0 Å². The minimum atomic E-state index is 0.520. The highest BCUT2D eigenvalue weighted by Crippen LogP contribution is 2.22. The molecule has 0 aromatic carbocycles. The number of hydrogen-bond acceptors (Lipinski definition) is 3. The molecule has 4 heteroatoms. The van der Waals surface area contributed by atoms with Gasteiger partial charge in [0.2, 0.25) is 0 Å². The average molecular weight is 167 g/mol. The maximum atomic E-state index is 9.03. The Bertz CT molecular complexity index is 280. The summed E-state index contributed by atoms with van der Waals surface area (Å²) in [6.07, 6.45) is 3.43. The lowest BCUT2D eigenvalue weighted by molar-refractivity contribution is -0.0742. The summed E-state index contributed by atoms with van der Waals surface area (Å²) < 4.78 is 0. The minimum absolute atomic E-state index is 0.520. The van der Waals surface area contributed by atoms with Gasteiger partial charge in [0.15, 0.2) is 0 Å². The van der Waals surface area contributed by atoms with Gasteiger partial charge in [0.25, 0.3) is 0 Å². The molecule has 0 spiro atoms. The third-order valence-electron chi connectivity index (χ3n) is 2.27. The Morgan fingerprint density at radius 3 is 3.17 bits per heavy atom. The molecule has 2 rings (SSSR count). The van der Waals surface area contributed by atoms with Gasteiger partial charge >= 0.3 is 0 Å². The molecule has 12 heavy (non-hydrogen) atoms.